The maximum atomic E-state index is 15.3. The average Bonchev–Trinajstić information content (AvgIpc) is 4.15. The molecule has 1 amide bonds. The highest BCUT2D eigenvalue weighted by Gasteiger charge is 2.55. The molecule has 71 heavy (non-hydrogen) atoms. The van der Waals surface area contributed by atoms with Crippen LogP contribution in [0.3, 0.4) is 0 Å². The van der Waals surface area contributed by atoms with Gasteiger partial charge in [-0.25, -0.2) is 17.6 Å². The summed E-state index contributed by atoms with van der Waals surface area (Å²) in [6.07, 6.45) is 8.05. The van der Waals surface area contributed by atoms with Gasteiger partial charge in [0.15, 0.2) is 23.1 Å². The first kappa shape index (κ1) is 53.6. The molecule has 0 unspecified atom stereocenters. The molecule has 0 bridgehead atoms. The number of hydrogen-bond acceptors (Lipinski definition) is 9. The Morgan fingerprint density at radius 2 is 1.07 bits per heavy atom. The first-order valence-electron chi connectivity index (χ1n) is 24.7. The molecule has 6 atom stereocenters. The molecule has 4 aromatic carbocycles. The topological polar surface area (TPSA) is 107 Å². The molecule has 384 valence electrons. The fourth-order valence-electron chi connectivity index (χ4n) is 11.4. The van der Waals surface area contributed by atoms with Gasteiger partial charge < -0.3 is 34.3 Å². The van der Waals surface area contributed by atoms with E-state index >= 15 is 8.78 Å². The summed E-state index contributed by atoms with van der Waals surface area (Å²) < 4.78 is 83.7. The van der Waals surface area contributed by atoms with Crippen LogP contribution in [0.15, 0.2) is 72.8 Å². The van der Waals surface area contributed by atoms with E-state index in [1.165, 1.54) is 43.8 Å². The average molecular weight is 1060 g/mol. The number of aliphatic carboxylic acids is 1. The minimum Gasteiger partial charge on any atom is -0.490 e. The van der Waals surface area contributed by atoms with Gasteiger partial charge in [0.25, 0.3) is 0 Å². The molecule has 6 aliphatic heterocycles. The number of amides is 1. The van der Waals surface area contributed by atoms with Gasteiger partial charge >= 0.3 is 5.97 Å². The predicted molar refractivity (Wildman–Crippen MR) is 273 cm³/mol. The van der Waals surface area contributed by atoms with Crippen molar-refractivity contribution >= 4 is 58.6 Å². The molecule has 0 saturated carbocycles. The van der Waals surface area contributed by atoms with Crippen molar-refractivity contribution in [3.05, 3.63) is 128 Å². The van der Waals surface area contributed by atoms with Crippen LogP contribution >= 0.6 is 46.7 Å². The monoisotopic (exact) mass is 1060 g/mol. The van der Waals surface area contributed by atoms with Crippen LogP contribution in [0, 0.1) is 35.1 Å². The summed E-state index contributed by atoms with van der Waals surface area (Å²) in [5.41, 5.74) is 1.27. The molecular formula is C54H62Cl2F4N2O7S2. The van der Waals surface area contributed by atoms with Crippen LogP contribution in [0.2, 0.25) is 10.0 Å². The van der Waals surface area contributed by atoms with Crippen LogP contribution in [0.25, 0.3) is 0 Å². The zero-order valence-electron chi connectivity index (χ0n) is 39.7. The normalized spacial score (nSPS) is 25.1. The van der Waals surface area contributed by atoms with E-state index in [1.54, 1.807) is 23.9 Å². The van der Waals surface area contributed by atoms with Crippen molar-refractivity contribution in [2.75, 3.05) is 75.6 Å². The summed E-state index contributed by atoms with van der Waals surface area (Å²) >= 11 is 15.1. The molecule has 6 heterocycles. The molecule has 9 nitrogen and oxygen atoms in total. The Morgan fingerprint density at radius 1 is 0.634 bits per heavy atom. The summed E-state index contributed by atoms with van der Waals surface area (Å²) in [6, 6.07) is 19.6. The highest BCUT2D eigenvalue weighted by Crippen LogP contribution is 2.54. The van der Waals surface area contributed by atoms with Crippen molar-refractivity contribution in [1.82, 2.24) is 10.2 Å². The summed E-state index contributed by atoms with van der Waals surface area (Å²) in [6.45, 7) is 5.58. The first-order valence-corrected chi connectivity index (χ1v) is 27.8. The van der Waals surface area contributed by atoms with Gasteiger partial charge in [0, 0.05) is 70.1 Å². The van der Waals surface area contributed by atoms with Gasteiger partial charge in [-0.2, -0.15) is 23.5 Å². The number of carboxylic acid groups (broad SMARTS) is 1. The van der Waals surface area contributed by atoms with E-state index in [-0.39, 0.29) is 66.0 Å². The lowest BCUT2D eigenvalue weighted by atomic mass is 9.60. The van der Waals surface area contributed by atoms with Gasteiger partial charge in [-0.1, -0.05) is 47.5 Å². The van der Waals surface area contributed by atoms with Crippen LogP contribution < -0.4 is 14.8 Å². The summed E-state index contributed by atoms with van der Waals surface area (Å²) in [4.78, 5) is 25.1. The molecule has 0 radical (unpaired) electrons. The lowest BCUT2D eigenvalue weighted by Crippen LogP contribution is -2.55. The van der Waals surface area contributed by atoms with E-state index in [4.69, 9.17) is 47.3 Å². The van der Waals surface area contributed by atoms with E-state index < -0.39 is 40.1 Å². The second-order valence-corrected chi connectivity index (χ2v) is 22.2. The number of benzene rings is 4. The van der Waals surface area contributed by atoms with Gasteiger partial charge in [-0.15, -0.1) is 0 Å². The maximum Gasteiger partial charge on any atom is 0.313 e. The van der Waals surface area contributed by atoms with Crippen molar-refractivity contribution in [2.24, 2.45) is 11.8 Å². The highest BCUT2D eigenvalue weighted by atomic mass is 35.5. The van der Waals surface area contributed by atoms with Crippen LogP contribution in [-0.2, 0) is 42.7 Å². The van der Waals surface area contributed by atoms with Crippen molar-refractivity contribution in [2.45, 2.75) is 87.2 Å². The third-order valence-electron chi connectivity index (χ3n) is 14.8. The molecule has 17 heteroatoms. The third-order valence-corrected chi connectivity index (χ3v) is 17.3. The minimum atomic E-state index is -0.862. The van der Waals surface area contributed by atoms with E-state index in [2.05, 4.69) is 5.32 Å². The molecule has 10 rings (SSSR count). The number of thioether (sulfide) groups is 2. The molecule has 0 aliphatic carbocycles. The fourth-order valence-corrected chi connectivity index (χ4v) is 13.3. The fraction of sp³-hybridized carbons (Fsp3) is 0.519. The Labute approximate surface area is 432 Å². The zero-order chi connectivity index (χ0) is 50.0. The Balaban J connectivity index is 0.000000174. The van der Waals surface area contributed by atoms with E-state index in [9.17, 15) is 18.4 Å². The summed E-state index contributed by atoms with van der Waals surface area (Å²) in [5.74, 6) is -1.13. The molecule has 6 aliphatic rings. The number of likely N-dealkylation sites (tertiary alicyclic amines) is 1. The second kappa shape index (κ2) is 25.0. The second-order valence-electron chi connectivity index (χ2n) is 19.2. The molecule has 2 N–H and O–H groups in total. The Hall–Kier alpha value is -3.70. The number of fused-ring (bicyclic) bond motifs is 6. The first-order chi connectivity index (χ1) is 34.4. The number of halogens is 6. The van der Waals surface area contributed by atoms with E-state index in [0.29, 0.717) is 72.4 Å². The zero-order valence-corrected chi connectivity index (χ0v) is 42.9. The van der Waals surface area contributed by atoms with Crippen LogP contribution in [-0.4, -0.2) is 110 Å². The van der Waals surface area contributed by atoms with Crippen molar-refractivity contribution in [3.8, 4) is 11.5 Å². The highest BCUT2D eigenvalue weighted by molar-refractivity contribution is 8.00. The standard InChI is InChI=1S/C27H30ClF2NO3S.C23H23ClF2O4S.C4H9N/c28-19-5-3-18(4-6-19)15-27-10-13-33-23(9-14-35-17-24(32)31-11-1-2-12-31)20(27)16-34-26-22(30)8-7-21(29)25(26)27;24-15-3-1-14(2-4-15)11-23-8-9-29-19(7-10-31-13-20(27)28)16(23)12-30-22-18(26)6-5-17(25)21(22)23;1-2-4-5-3-1/h3-8,20,23H,1-2,9-17H2;1-6,16,19H,7-13H2,(H,27,28);5H,1-4H2/t20-,23-,27-;16-,19-,23-;/m00./s1. The number of carbonyl (C=O) groups excluding carboxylic acids is 1. The number of rotatable bonds is 14. The number of carbonyl (C=O) groups is 2. The molecule has 4 aromatic rings. The Bertz CT molecular complexity index is 2430. The molecule has 0 aromatic heterocycles. The lowest BCUT2D eigenvalue weighted by molar-refractivity contribution is -0.134. The maximum absolute atomic E-state index is 15.3. The Kier molecular flexibility index (Phi) is 18.9. The smallest absolute Gasteiger partial charge is 0.313 e. The van der Waals surface area contributed by atoms with Gasteiger partial charge in [0.2, 0.25) is 5.91 Å². The number of nitrogens with one attached hydrogen (secondary N) is 1. The molecule has 0 spiro atoms. The van der Waals surface area contributed by atoms with Gasteiger partial charge in [0.05, 0.1) is 36.9 Å². The minimum absolute atomic E-state index is 0.00823. The Morgan fingerprint density at radius 3 is 1.49 bits per heavy atom. The number of carboxylic acids is 1. The van der Waals surface area contributed by atoms with Gasteiger partial charge in [-0.3, -0.25) is 9.59 Å². The quantitative estimate of drug-likeness (QED) is 0.0937. The summed E-state index contributed by atoms with van der Waals surface area (Å²) in [5, 5.41) is 13.3. The van der Waals surface area contributed by atoms with Gasteiger partial charge in [-0.05, 0) is 148 Å². The predicted octanol–water partition coefficient (Wildman–Crippen LogP) is 11.1. The largest absolute Gasteiger partial charge is 0.490 e. The van der Waals surface area contributed by atoms with Gasteiger partial charge in [0.1, 0.15) is 11.6 Å². The molecular weight excluding hydrogens is 1000 g/mol. The lowest BCUT2D eigenvalue weighted by Gasteiger charge is -2.51. The van der Waals surface area contributed by atoms with Crippen molar-refractivity contribution < 1.29 is 51.2 Å². The summed E-state index contributed by atoms with van der Waals surface area (Å²) in [7, 11) is 0. The van der Waals surface area contributed by atoms with E-state index in [0.717, 1.165) is 67.4 Å². The molecule has 4 saturated heterocycles. The van der Waals surface area contributed by atoms with Crippen LogP contribution in [0.5, 0.6) is 11.5 Å². The number of hydrogen-bond donors (Lipinski definition) is 2. The van der Waals surface area contributed by atoms with Crippen molar-refractivity contribution in [1.29, 1.82) is 0 Å². The SMILES string of the molecule is C1CCNC1.O=C(CSCC[C@@H]1OCC[C@@]2(Cc3ccc(Cl)cc3)c3c(F)ccc(F)c3OC[C@@H]12)N1CCCC1.O=C(O)CSCC[C@@H]1OCC[C@@]2(Cc3ccc(Cl)cc3)c3c(F)ccc(F)c3OC[C@@H]12. The van der Waals surface area contributed by atoms with Crippen LogP contribution in [0.1, 0.15) is 73.6 Å². The van der Waals surface area contributed by atoms with E-state index in [1.807, 2.05) is 41.3 Å². The van der Waals surface area contributed by atoms with Crippen LogP contribution in [0.4, 0.5) is 17.6 Å². The molecule has 4 fully saturated rings. The number of ether oxygens (including phenoxy) is 4. The van der Waals surface area contributed by atoms with Crippen molar-refractivity contribution in [3.63, 3.8) is 0 Å². The number of nitrogens with zero attached hydrogens (tertiary/aromatic N) is 1. The third kappa shape index (κ3) is 12.8.